The van der Waals surface area contributed by atoms with Crippen molar-refractivity contribution in [2.75, 3.05) is 13.2 Å². The van der Waals surface area contributed by atoms with E-state index in [1.807, 2.05) is 6.07 Å². The predicted molar refractivity (Wildman–Crippen MR) is 97.7 cm³/mol. The van der Waals surface area contributed by atoms with E-state index in [1.165, 1.54) is 6.07 Å². The first-order valence-corrected chi connectivity index (χ1v) is 8.55. The molecule has 1 atom stereocenters. The zero-order chi connectivity index (χ0) is 18.5. The van der Waals surface area contributed by atoms with Crippen LogP contribution in [0.1, 0.15) is 33.6 Å². The highest BCUT2D eigenvalue weighted by Gasteiger charge is 2.21. The van der Waals surface area contributed by atoms with E-state index in [9.17, 15) is 9.59 Å². The van der Waals surface area contributed by atoms with E-state index < -0.39 is 12.8 Å². The summed E-state index contributed by atoms with van der Waals surface area (Å²) in [6.07, 6.45) is 2.10. The Morgan fingerprint density at radius 1 is 1.08 bits per heavy atom. The number of nitrogens with one attached hydrogen (secondary N) is 1. The number of ether oxygens (including phenoxy) is 1. The molecule has 0 aromatic heterocycles. The fourth-order valence-corrected chi connectivity index (χ4v) is 2.93. The molecule has 1 fully saturated rings. The van der Waals surface area contributed by atoms with E-state index in [0.29, 0.717) is 12.1 Å². The highest BCUT2D eigenvalue weighted by atomic mass is 16.5. The smallest absolute Gasteiger partial charge is 0.421 e. The van der Waals surface area contributed by atoms with Crippen LogP contribution in [0.5, 0.6) is 0 Å². The number of amides is 1. The molecule has 1 saturated heterocycles. The van der Waals surface area contributed by atoms with Gasteiger partial charge in [0.1, 0.15) is 0 Å². The number of benzene rings is 2. The van der Waals surface area contributed by atoms with Crippen LogP contribution in [-0.4, -0.2) is 48.0 Å². The van der Waals surface area contributed by atoms with Crippen molar-refractivity contribution < 1.29 is 24.4 Å². The van der Waals surface area contributed by atoms with Gasteiger partial charge in [-0.05, 0) is 42.2 Å². The van der Waals surface area contributed by atoms with Crippen molar-refractivity contribution in [3.8, 4) is 11.1 Å². The normalized spacial score (nSPS) is 16.3. The summed E-state index contributed by atoms with van der Waals surface area (Å²) >= 11 is 0. The van der Waals surface area contributed by atoms with Crippen molar-refractivity contribution in [2.45, 2.75) is 18.9 Å². The minimum Gasteiger partial charge on any atom is -0.421 e. The van der Waals surface area contributed by atoms with Crippen molar-refractivity contribution in [1.82, 2.24) is 5.32 Å². The third-order valence-electron chi connectivity index (χ3n) is 4.38. The molecule has 1 aliphatic heterocycles. The van der Waals surface area contributed by atoms with Gasteiger partial charge in [0.15, 0.2) is 5.68 Å². The highest BCUT2D eigenvalue weighted by Crippen LogP contribution is 2.21. The Kier molecular flexibility index (Phi) is 5.83. The Labute approximate surface area is 152 Å². The van der Waals surface area contributed by atoms with Crippen LogP contribution >= 0.6 is 0 Å². The van der Waals surface area contributed by atoms with E-state index in [0.717, 1.165) is 30.6 Å². The van der Waals surface area contributed by atoms with Crippen molar-refractivity contribution >= 4 is 18.7 Å². The van der Waals surface area contributed by atoms with Gasteiger partial charge >= 0.3 is 7.12 Å². The molecule has 1 aliphatic rings. The number of hydrogen-bond donors (Lipinski definition) is 3. The summed E-state index contributed by atoms with van der Waals surface area (Å²) in [5, 5.41) is 20.9. The van der Waals surface area contributed by atoms with Gasteiger partial charge in [-0.15, -0.1) is 0 Å². The first-order valence-electron chi connectivity index (χ1n) is 8.55. The third-order valence-corrected chi connectivity index (χ3v) is 4.38. The molecule has 0 spiro atoms. The zero-order valence-electron chi connectivity index (χ0n) is 14.2. The van der Waals surface area contributed by atoms with Crippen LogP contribution < -0.4 is 5.32 Å². The predicted octanol–water partition coefficient (Wildman–Crippen LogP) is 1.46. The molecule has 6 nitrogen and oxygen atoms in total. The minimum absolute atomic E-state index is 0.0976. The van der Waals surface area contributed by atoms with Crippen molar-refractivity contribution in [3.63, 3.8) is 0 Å². The summed E-state index contributed by atoms with van der Waals surface area (Å²) in [5.41, 5.74) is 1.59. The molecule has 3 N–H and O–H groups in total. The van der Waals surface area contributed by atoms with E-state index in [4.69, 9.17) is 14.8 Å². The van der Waals surface area contributed by atoms with Gasteiger partial charge < -0.3 is 20.1 Å². The largest absolute Gasteiger partial charge is 0.532 e. The van der Waals surface area contributed by atoms with Crippen LogP contribution in [0.15, 0.2) is 48.5 Å². The van der Waals surface area contributed by atoms with E-state index >= 15 is 0 Å². The fourth-order valence-electron chi connectivity index (χ4n) is 2.93. The van der Waals surface area contributed by atoms with Crippen LogP contribution in [0.25, 0.3) is 11.1 Å². The maximum atomic E-state index is 12.2. The number of carbonyl (C=O) groups excluding carboxylic acids is 2. The monoisotopic (exact) mass is 353 g/mol. The second-order valence-corrected chi connectivity index (χ2v) is 6.24. The van der Waals surface area contributed by atoms with Gasteiger partial charge in [-0.25, -0.2) is 0 Å². The summed E-state index contributed by atoms with van der Waals surface area (Å²) in [6.45, 7) is 1.26. The lowest BCUT2D eigenvalue weighted by Crippen LogP contribution is -2.31. The topological polar surface area (TPSA) is 95.9 Å². The number of carbonyl (C=O) groups is 2. The van der Waals surface area contributed by atoms with E-state index in [-0.39, 0.29) is 17.6 Å². The van der Waals surface area contributed by atoms with Gasteiger partial charge in [-0.2, -0.15) is 0 Å². The van der Waals surface area contributed by atoms with Crippen molar-refractivity contribution in [2.24, 2.45) is 0 Å². The summed E-state index contributed by atoms with van der Waals surface area (Å²) in [4.78, 5) is 23.9. The molecule has 0 bridgehead atoms. The first-order chi connectivity index (χ1) is 12.5. The number of hydrogen-bond acceptors (Lipinski definition) is 5. The minimum atomic E-state index is -2.03. The summed E-state index contributed by atoms with van der Waals surface area (Å²) in [7, 11) is -2.03. The Balaban J connectivity index is 1.68. The quantitative estimate of drug-likeness (QED) is 0.684. The molecule has 134 valence electrons. The Hall–Kier alpha value is -2.48. The van der Waals surface area contributed by atoms with Gasteiger partial charge in [-0.3, -0.25) is 9.59 Å². The molecule has 26 heavy (non-hydrogen) atoms. The maximum Gasteiger partial charge on any atom is 0.532 e. The average molecular weight is 353 g/mol. The standard InChI is InChI=1S/C19H20BNO5/c22-18(20(24)25)16-4-1-3-15(11-16)13-6-8-14(9-7-13)19(23)21-12-17-5-2-10-26-17/h1,3-4,6-9,11,17,24-25H,2,5,10,12H2,(H,21,23). The van der Waals surface area contributed by atoms with Gasteiger partial charge in [-0.1, -0.05) is 30.3 Å². The van der Waals surface area contributed by atoms with E-state index in [1.54, 1.807) is 36.4 Å². The molecule has 2 aromatic carbocycles. The van der Waals surface area contributed by atoms with Gasteiger partial charge in [0.05, 0.1) is 6.10 Å². The van der Waals surface area contributed by atoms with Gasteiger partial charge in [0.25, 0.3) is 5.91 Å². The summed E-state index contributed by atoms with van der Waals surface area (Å²) in [6, 6.07) is 13.6. The third kappa shape index (κ3) is 4.38. The SMILES string of the molecule is O=C(NCC1CCCO1)c1ccc(-c2cccc(C(=O)B(O)O)c2)cc1. The fraction of sp³-hybridized carbons (Fsp3) is 0.263. The highest BCUT2D eigenvalue weighted by molar-refractivity contribution is 6.81. The molecule has 0 saturated carbocycles. The molecule has 1 unspecified atom stereocenters. The van der Waals surface area contributed by atoms with Crippen LogP contribution in [0.3, 0.4) is 0 Å². The van der Waals surface area contributed by atoms with Crippen LogP contribution in [0.2, 0.25) is 0 Å². The lowest BCUT2D eigenvalue weighted by atomic mass is 9.79. The molecule has 7 heteroatoms. The molecular formula is C19H20BNO5. The van der Waals surface area contributed by atoms with Gasteiger partial charge in [0, 0.05) is 24.3 Å². The van der Waals surface area contributed by atoms with Crippen LogP contribution in [0.4, 0.5) is 0 Å². The Bertz CT molecular complexity index is 785. The molecule has 0 aliphatic carbocycles. The first kappa shape index (κ1) is 18.3. The lowest BCUT2D eigenvalue weighted by molar-refractivity contribution is 0.0857. The molecule has 3 rings (SSSR count). The Morgan fingerprint density at radius 2 is 1.85 bits per heavy atom. The molecule has 2 aromatic rings. The number of rotatable bonds is 6. The summed E-state index contributed by atoms with van der Waals surface area (Å²) in [5.74, 6) is -0.153. The molecule has 1 amide bonds. The van der Waals surface area contributed by atoms with Gasteiger partial charge in [0.2, 0.25) is 0 Å². The van der Waals surface area contributed by atoms with Crippen LogP contribution in [-0.2, 0) is 4.74 Å². The second kappa shape index (κ2) is 8.27. The zero-order valence-corrected chi connectivity index (χ0v) is 14.2. The molecule has 1 heterocycles. The van der Waals surface area contributed by atoms with Crippen molar-refractivity contribution in [1.29, 1.82) is 0 Å². The maximum absolute atomic E-state index is 12.2. The molecule has 0 radical (unpaired) electrons. The van der Waals surface area contributed by atoms with E-state index in [2.05, 4.69) is 5.32 Å². The Morgan fingerprint density at radius 3 is 2.50 bits per heavy atom. The average Bonchev–Trinajstić information content (AvgIpc) is 3.19. The second-order valence-electron chi connectivity index (χ2n) is 6.24. The van der Waals surface area contributed by atoms with Crippen LogP contribution in [0, 0.1) is 0 Å². The van der Waals surface area contributed by atoms with Crippen molar-refractivity contribution in [3.05, 3.63) is 59.7 Å². The molecular weight excluding hydrogens is 333 g/mol. The lowest BCUT2D eigenvalue weighted by Gasteiger charge is -2.11. The summed E-state index contributed by atoms with van der Waals surface area (Å²) < 4.78 is 5.49.